The summed E-state index contributed by atoms with van der Waals surface area (Å²) < 4.78 is 25.0. The van der Waals surface area contributed by atoms with Gasteiger partial charge in [0.15, 0.2) is 0 Å². The van der Waals surface area contributed by atoms with Gasteiger partial charge in [-0.3, -0.25) is 0 Å². The van der Waals surface area contributed by atoms with Crippen LogP contribution in [0.15, 0.2) is 61.2 Å². The number of nitrogens with one attached hydrogen (secondary N) is 1. The average molecular weight is 436 g/mol. The van der Waals surface area contributed by atoms with Crippen LogP contribution in [0.4, 0.5) is 4.39 Å². The Kier molecular flexibility index (Phi) is 10.8. The Hall–Kier alpha value is -1.46. The summed E-state index contributed by atoms with van der Waals surface area (Å²) in [5.41, 5.74) is 2.08. The summed E-state index contributed by atoms with van der Waals surface area (Å²) in [4.78, 5) is 0. The monoisotopic (exact) mass is 435 g/mol. The average Bonchev–Trinajstić information content (AvgIpc) is 2.77. The van der Waals surface area contributed by atoms with Crippen LogP contribution in [-0.4, -0.2) is 38.3 Å². The van der Waals surface area contributed by atoms with Crippen molar-refractivity contribution in [2.24, 2.45) is 11.8 Å². The van der Waals surface area contributed by atoms with Crippen LogP contribution in [0.2, 0.25) is 0 Å². The lowest BCUT2D eigenvalue weighted by Gasteiger charge is -2.35. The summed E-state index contributed by atoms with van der Waals surface area (Å²) in [6.45, 7) is 11.4. The highest BCUT2D eigenvalue weighted by molar-refractivity contribution is 6.18. The van der Waals surface area contributed by atoms with E-state index in [1.165, 1.54) is 12.1 Å². The number of halogens is 2. The molecule has 0 bridgehead atoms. The molecule has 0 saturated heterocycles. The Morgan fingerprint density at radius 2 is 2.07 bits per heavy atom. The smallest absolute Gasteiger partial charge is 0.123 e. The normalized spacial score (nSPS) is 23.1. The van der Waals surface area contributed by atoms with Crippen molar-refractivity contribution in [3.05, 3.63) is 72.6 Å². The van der Waals surface area contributed by atoms with Crippen molar-refractivity contribution >= 4 is 11.6 Å². The highest BCUT2D eigenvalue weighted by Gasteiger charge is 2.31. The standard InChI is InChI=1S/C25H35ClFNO2/c1-5-6-7-18(2)17-30-22-12-13-23(25(14-22)29-4)19(3)16-28-24(15-26)20-8-10-21(27)11-9-20/h5,8-13,19,22-25,28H,1-2,6-7,14-17H2,3-4H3/t19-,22?,23?,24+,25?/m1/s1. The van der Waals surface area contributed by atoms with E-state index in [2.05, 4.69) is 37.6 Å². The van der Waals surface area contributed by atoms with Crippen LogP contribution < -0.4 is 5.32 Å². The molecule has 0 aliphatic heterocycles. The molecule has 1 aromatic carbocycles. The molecular formula is C25H35ClFNO2. The number of hydrogen-bond acceptors (Lipinski definition) is 3. The van der Waals surface area contributed by atoms with Gasteiger partial charge in [0, 0.05) is 31.4 Å². The lowest BCUT2D eigenvalue weighted by molar-refractivity contribution is -0.0107. The third kappa shape index (κ3) is 7.66. The molecule has 3 unspecified atom stereocenters. The van der Waals surface area contributed by atoms with Crippen molar-refractivity contribution in [3.8, 4) is 0 Å². The van der Waals surface area contributed by atoms with Gasteiger partial charge in [-0.05, 0) is 43.0 Å². The van der Waals surface area contributed by atoms with Crippen LogP contribution in [-0.2, 0) is 9.47 Å². The Bertz CT molecular complexity index is 691. The summed E-state index contributed by atoms with van der Waals surface area (Å²) in [7, 11) is 1.76. The molecule has 0 radical (unpaired) electrons. The molecule has 0 amide bonds. The number of benzene rings is 1. The fourth-order valence-corrected chi connectivity index (χ4v) is 4.09. The number of alkyl halides is 1. The van der Waals surface area contributed by atoms with Gasteiger partial charge in [-0.15, -0.1) is 18.2 Å². The summed E-state index contributed by atoms with van der Waals surface area (Å²) in [5, 5.41) is 3.52. The fraction of sp³-hybridized carbons (Fsp3) is 0.520. The molecule has 166 valence electrons. The SMILES string of the molecule is C=CCCC(=C)COC1C=CC([C@H](C)CN[C@@H](CCl)c2ccc(F)cc2)C(OC)C1. The number of methoxy groups -OCH3 is 1. The lowest BCUT2D eigenvalue weighted by atomic mass is 9.82. The second-order valence-electron chi connectivity index (χ2n) is 8.04. The minimum atomic E-state index is -0.239. The molecule has 0 aromatic heterocycles. The van der Waals surface area contributed by atoms with Crippen molar-refractivity contribution < 1.29 is 13.9 Å². The Balaban J connectivity index is 1.88. The van der Waals surface area contributed by atoms with E-state index in [9.17, 15) is 4.39 Å². The minimum absolute atomic E-state index is 0.0130. The van der Waals surface area contributed by atoms with E-state index in [0.717, 1.165) is 36.9 Å². The van der Waals surface area contributed by atoms with Gasteiger partial charge in [-0.2, -0.15) is 0 Å². The van der Waals surface area contributed by atoms with Gasteiger partial charge in [-0.1, -0.05) is 49.4 Å². The van der Waals surface area contributed by atoms with Crippen LogP contribution >= 0.6 is 11.6 Å². The van der Waals surface area contributed by atoms with E-state index in [-0.39, 0.29) is 30.0 Å². The maximum absolute atomic E-state index is 13.2. The van der Waals surface area contributed by atoms with E-state index < -0.39 is 0 Å². The maximum Gasteiger partial charge on any atom is 0.123 e. The molecule has 0 saturated carbocycles. The zero-order valence-corrected chi connectivity index (χ0v) is 18.9. The van der Waals surface area contributed by atoms with Crippen molar-refractivity contribution in [1.82, 2.24) is 5.32 Å². The Morgan fingerprint density at radius 1 is 1.33 bits per heavy atom. The quantitative estimate of drug-likeness (QED) is 0.312. The second-order valence-corrected chi connectivity index (χ2v) is 8.35. The summed E-state index contributed by atoms with van der Waals surface area (Å²) >= 11 is 6.15. The molecule has 0 spiro atoms. The van der Waals surface area contributed by atoms with Crippen molar-refractivity contribution in [3.63, 3.8) is 0 Å². The molecule has 0 fully saturated rings. The van der Waals surface area contributed by atoms with E-state index >= 15 is 0 Å². The molecule has 0 heterocycles. The first-order valence-electron chi connectivity index (χ1n) is 10.6. The Labute approximate surface area is 186 Å². The highest BCUT2D eigenvalue weighted by atomic mass is 35.5. The maximum atomic E-state index is 13.2. The van der Waals surface area contributed by atoms with Crippen LogP contribution in [0.25, 0.3) is 0 Å². The fourth-order valence-electron chi connectivity index (χ4n) is 3.80. The largest absolute Gasteiger partial charge is 0.381 e. The van der Waals surface area contributed by atoms with Gasteiger partial charge in [-0.25, -0.2) is 4.39 Å². The van der Waals surface area contributed by atoms with E-state index in [1.54, 1.807) is 19.2 Å². The molecule has 5 heteroatoms. The summed E-state index contributed by atoms with van der Waals surface area (Å²) in [6, 6.07) is 6.49. The first-order chi connectivity index (χ1) is 14.5. The van der Waals surface area contributed by atoms with Gasteiger partial charge in [0.25, 0.3) is 0 Å². The van der Waals surface area contributed by atoms with Crippen molar-refractivity contribution in [1.29, 1.82) is 0 Å². The van der Waals surface area contributed by atoms with Crippen LogP contribution in [0, 0.1) is 17.7 Å². The van der Waals surface area contributed by atoms with E-state index in [0.29, 0.717) is 18.4 Å². The second kappa shape index (κ2) is 13.1. The molecule has 1 aliphatic carbocycles. The predicted octanol–water partition coefficient (Wildman–Crippen LogP) is 5.83. The zero-order chi connectivity index (χ0) is 21.9. The summed E-state index contributed by atoms with van der Waals surface area (Å²) in [6.07, 6.45) is 9.07. The topological polar surface area (TPSA) is 30.5 Å². The van der Waals surface area contributed by atoms with E-state index in [4.69, 9.17) is 21.1 Å². The van der Waals surface area contributed by atoms with Gasteiger partial charge < -0.3 is 14.8 Å². The first kappa shape index (κ1) is 24.8. The van der Waals surface area contributed by atoms with Crippen molar-refractivity contribution in [2.75, 3.05) is 26.1 Å². The van der Waals surface area contributed by atoms with Gasteiger partial charge in [0.2, 0.25) is 0 Å². The molecule has 2 rings (SSSR count). The molecule has 1 N–H and O–H groups in total. The molecule has 3 nitrogen and oxygen atoms in total. The van der Waals surface area contributed by atoms with E-state index in [1.807, 2.05) is 6.08 Å². The Morgan fingerprint density at radius 3 is 2.70 bits per heavy atom. The van der Waals surface area contributed by atoms with Gasteiger partial charge in [0.05, 0.1) is 18.8 Å². The predicted molar refractivity (Wildman–Crippen MR) is 123 cm³/mol. The first-order valence-corrected chi connectivity index (χ1v) is 11.2. The lowest BCUT2D eigenvalue weighted by Crippen LogP contribution is -2.39. The van der Waals surface area contributed by atoms with Gasteiger partial charge >= 0.3 is 0 Å². The minimum Gasteiger partial charge on any atom is -0.381 e. The summed E-state index contributed by atoms with van der Waals surface area (Å²) in [5.74, 6) is 0.825. The molecule has 5 atom stereocenters. The molecular weight excluding hydrogens is 401 g/mol. The van der Waals surface area contributed by atoms with Gasteiger partial charge in [0.1, 0.15) is 5.82 Å². The third-order valence-electron chi connectivity index (χ3n) is 5.72. The number of allylic oxidation sites excluding steroid dienone is 1. The molecule has 30 heavy (non-hydrogen) atoms. The van der Waals surface area contributed by atoms with Crippen LogP contribution in [0.3, 0.4) is 0 Å². The highest BCUT2D eigenvalue weighted by Crippen LogP contribution is 2.29. The molecule has 1 aromatic rings. The number of ether oxygens (including phenoxy) is 2. The number of hydrogen-bond donors (Lipinski definition) is 1. The molecule has 1 aliphatic rings. The van der Waals surface area contributed by atoms with Crippen LogP contribution in [0.1, 0.15) is 37.8 Å². The number of rotatable bonds is 13. The third-order valence-corrected chi connectivity index (χ3v) is 6.03. The van der Waals surface area contributed by atoms with Crippen LogP contribution in [0.5, 0.6) is 0 Å². The zero-order valence-electron chi connectivity index (χ0n) is 18.2. The van der Waals surface area contributed by atoms with Crippen molar-refractivity contribution in [2.45, 2.75) is 44.4 Å².